The maximum atomic E-state index is 12.4. The van der Waals surface area contributed by atoms with E-state index in [1.165, 1.54) is 28.6 Å². The minimum absolute atomic E-state index is 0.129. The zero-order valence-electron chi connectivity index (χ0n) is 14.2. The fourth-order valence-electron chi connectivity index (χ4n) is 2.57. The summed E-state index contributed by atoms with van der Waals surface area (Å²) in [6, 6.07) is 5.77. The molecule has 0 spiro atoms. The number of likely N-dealkylation sites (tertiary alicyclic amines) is 1. The van der Waals surface area contributed by atoms with Gasteiger partial charge in [0.15, 0.2) is 0 Å². The lowest BCUT2D eigenvalue weighted by atomic mass is 10.3. The van der Waals surface area contributed by atoms with Crippen LogP contribution < -0.4 is 5.32 Å². The SMILES string of the molecule is CCN(CC)S(=O)(=O)c1ccc(NC(=O)CN2C(=O)CCC2=O)cc1. The highest BCUT2D eigenvalue weighted by atomic mass is 32.2. The summed E-state index contributed by atoms with van der Waals surface area (Å²) in [5.41, 5.74) is 0.391. The Labute approximate surface area is 146 Å². The van der Waals surface area contributed by atoms with Gasteiger partial charge < -0.3 is 5.32 Å². The molecular formula is C16H21N3O5S. The fraction of sp³-hybridized carbons (Fsp3) is 0.438. The molecule has 0 saturated carbocycles. The summed E-state index contributed by atoms with van der Waals surface area (Å²) in [4.78, 5) is 36.0. The van der Waals surface area contributed by atoms with Gasteiger partial charge in [-0.25, -0.2) is 8.42 Å². The topological polar surface area (TPSA) is 104 Å². The van der Waals surface area contributed by atoms with Crippen LogP contribution >= 0.6 is 0 Å². The van der Waals surface area contributed by atoms with Crippen LogP contribution in [0, 0.1) is 0 Å². The Balaban J connectivity index is 2.04. The molecular weight excluding hydrogens is 346 g/mol. The summed E-state index contributed by atoms with van der Waals surface area (Å²) < 4.78 is 26.1. The molecule has 0 bridgehead atoms. The second-order valence-corrected chi connectivity index (χ2v) is 7.47. The summed E-state index contributed by atoms with van der Waals surface area (Å²) in [6.07, 6.45) is 0.258. The first-order chi connectivity index (χ1) is 11.8. The number of hydrogen-bond donors (Lipinski definition) is 1. The smallest absolute Gasteiger partial charge is 0.244 e. The fourth-order valence-corrected chi connectivity index (χ4v) is 4.02. The average Bonchev–Trinajstić information content (AvgIpc) is 2.88. The molecule has 0 unspecified atom stereocenters. The van der Waals surface area contributed by atoms with Crippen molar-refractivity contribution in [3.8, 4) is 0 Å². The first kappa shape index (κ1) is 19.1. The van der Waals surface area contributed by atoms with Crippen LogP contribution in [0.4, 0.5) is 5.69 Å². The van der Waals surface area contributed by atoms with E-state index >= 15 is 0 Å². The highest BCUT2D eigenvalue weighted by Crippen LogP contribution is 2.18. The molecule has 2 rings (SSSR count). The van der Waals surface area contributed by atoms with Gasteiger partial charge in [-0.15, -0.1) is 0 Å². The highest BCUT2D eigenvalue weighted by molar-refractivity contribution is 7.89. The Hall–Kier alpha value is -2.26. The van der Waals surface area contributed by atoms with Crippen molar-refractivity contribution in [1.82, 2.24) is 9.21 Å². The van der Waals surface area contributed by atoms with E-state index in [0.29, 0.717) is 18.8 Å². The minimum Gasteiger partial charge on any atom is -0.325 e. The quantitative estimate of drug-likeness (QED) is 0.718. The standard InChI is InChI=1S/C16H21N3O5S/c1-3-18(4-2)25(23,24)13-7-5-12(6-8-13)17-14(20)11-19-15(21)9-10-16(19)22/h5-8H,3-4,9-11H2,1-2H3,(H,17,20). The molecule has 8 nitrogen and oxygen atoms in total. The van der Waals surface area contributed by atoms with Gasteiger partial charge in [0.05, 0.1) is 4.90 Å². The van der Waals surface area contributed by atoms with Crippen molar-refractivity contribution in [2.24, 2.45) is 0 Å². The molecule has 1 N–H and O–H groups in total. The molecule has 25 heavy (non-hydrogen) atoms. The molecule has 1 aromatic carbocycles. The van der Waals surface area contributed by atoms with Crippen LogP contribution in [0.15, 0.2) is 29.2 Å². The van der Waals surface area contributed by atoms with E-state index in [2.05, 4.69) is 5.32 Å². The lowest BCUT2D eigenvalue weighted by molar-refractivity contribution is -0.141. The minimum atomic E-state index is -3.56. The van der Waals surface area contributed by atoms with Crippen LogP contribution in [0.1, 0.15) is 26.7 Å². The van der Waals surface area contributed by atoms with Gasteiger partial charge in [-0.2, -0.15) is 4.31 Å². The first-order valence-corrected chi connectivity index (χ1v) is 9.46. The third kappa shape index (κ3) is 4.23. The van der Waals surface area contributed by atoms with E-state index < -0.39 is 15.9 Å². The number of amides is 3. The Morgan fingerprint density at radius 2 is 1.60 bits per heavy atom. The molecule has 0 aromatic heterocycles. The van der Waals surface area contributed by atoms with E-state index in [0.717, 1.165) is 4.90 Å². The largest absolute Gasteiger partial charge is 0.325 e. The maximum absolute atomic E-state index is 12.4. The number of nitrogens with one attached hydrogen (secondary N) is 1. The van der Waals surface area contributed by atoms with Crippen molar-refractivity contribution in [1.29, 1.82) is 0 Å². The predicted octanol–water partition coefficient (Wildman–Crippen LogP) is 0.805. The normalized spacial score (nSPS) is 15.1. The number of anilines is 1. The van der Waals surface area contributed by atoms with E-state index in [9.17, 15) is 22.8 Å². The average molecular weight is 367 g/mol. The zero-order chi connectivity index (χ0) is 18.6. The Morgan fingerprint density at radius 1 is 1.08 bits per heavy atom. The molecule has 9 heteroatoms. The molecule has 1 aliphatic heterocycles. The molecule has 0 atom stereocenters. The van der Waals surface area contributed by atoms with Crippen LogP contribution in [0.2, 0.25) is 0 Å². The molecule has 3 amide bonds. The van der Waals surface area contributed by atoms with Crippen molar-refractivity contribution in [2.75, 3.05) is 25.0 Å². The van der Waals surface area contributed by atoms with Crippen molar-refractivity contribution >= 4 is 33.4 Å². The van der Waals surface area contributed by atoms with Gasteiger partial charge in [-0.05, 0) is 24.3 Å². The van der Waals surface area contributed by atoms with Gasteiger partial charge in [-0.3, -0.25) is 19.3 Å². The third-order valence-corrected chi connectivity index (χ3v) is 6.00. The summed E-state index contributed by atoms with van der Waals surface area (Å²) in [5.74, 6) is -1.23. The number of hydrogen-bond acceptors (Lipinski definition) is 5. The molecule has 136 valence electrons. The summed E-state index contributed by atoms with van der Waals surface area (Å²) >= 11 is 0. The Bertz CT molecular complexity index is 753. The van der Waals surface area contributed by atoms with Gasteiger partial charge in [0, 0.05) is 31.6 Å². The monoisotopic (exact) mass is 367 g/mol. The van der Waals surface area contributed by atoms with Crippen LogP contribution in [-0.2, 0) is 24.4 Å². The van der Waals surface area contributed by atoms with Gasteiger partial charge in [0.25, 0.3) is 0 Å². The highest BCUT2D eigenvalue weighted by Gasteiger charge is 2.30. The number of rotatable bonds is 7. The Kier molecular flexibility index (Phi) is 5.91. The number of carbonyl (C=O) groups is 3. The summed E-state index contributed by atoms with van der Waals surface area (Å²) in [5, 5.41) is 2.55. The maximum Gasteiger partial charge on any atom is 0.244 e. The molecule has 0 aliphatic carbocycles. The molecule has 1 saturated heterocycles. The summed E-state index contributed by atoms with van der Waals surface area (Å²) in [6.45, 7) is 3.93. The van der Waals surface area contributed by atoms with Crippen LogP contribution in [-0.4, -0.2) is 55.0 Å². The van der Waals surface area contributed by atoms with Crippen LogP contribution in [0.3, 0.4) is 0 Å². The van der Waals surface area contributed by atoms with Crippen molar-refractivity contribution < 1.29 is 22.8 Å². The predicted molar refractivity (Wildman–Crippen MR) is 91.1 cm³/mol. The number of carbonyl (C=O) groups excluding carboxylic acids is 3. The van der Waals surface area contributed by atoms with Crippen molar-refractivity contribution in [3.05, 3.63) is 24.3 Å². The van der Waals surface area contributed by atoms with Gasteiger partial charge >= 0.3 is 0 Å². The molecule has 1 fully saturated rings. The van der Waals surface area contributed by atoms with E-state index in [4.69, 9.17) is 0 Å². The van der Waals surface area contributed by atoms with E-state index in [-0.39, 0.29) is 36.1 Å². The third-order valence-electron chi connectivity index (χ3n) is 3.94. The van der Waals surface area contributed by atoms with Crippen LogP contribution in [0.25, 0.3) is 0 Å². The van der Waals surface area contributed by atoms with Gasteiger partial charge in [0.1, 0.15) is 6.54 Å². The molecule has 1 aliphatic rings. The van der Waals surface area contributed by atoms with Gasteiger partial charge in [0.2, 0.25) is 27.7 Å². The number of nitrogens with zero attached hydrogens (tertiary/aromatic N) is 2. The zero-order valence-corrected chi connectivity index (χ0v) is 15.0. The number of imide groups is 1. The van der Waals surface area contributed by atoms with E-state index in [1.807, 2.05) is 0 Å². The molecule has 1 aromatic rings. The van der Waals surface area contributed by atoms with Crippen LogP contribution in [0.5, 0.6) is 0 Å². The van der Waals surface area contributed by atoms with Crippen molar-refractivity contribution in [2.45, 2.75) is 31.6 Å². The number of sulfonamides is 1. The summed E-state index contributed by atoms with van der Waals surface area (Å²) in [7, 11) is -3.56. The number of benzene rings is 1. The molecule has 1 heterocycles. The molecule has 0 radical (unpaired) electrons. The lowest BCUT2D eigenvalue weighted by Gasteiger charge is -2.18. The Morgan fingerprint density at radius 3 is 2.08 bits per heavy atom. The van der Waals surface area contributed by atoms with Crippen molar-refractivity contribution in [3.63, 3.8) is 0 Å². The van der Waals surface area contributed by atoms with Gasteiger partial charge in [-0.1, -0.05) is 13.8 Å². The second kappa shape index (κ2) is 7.75. The lowest BCUT2D eigenvalue weighted by Crippen LogP contribution is -2.36. The second-order valence-electron chi connectivity index (χ2n) is 5.54. The first-order valence-electron chi connectivity index (χ1n) is 8.02. The van der Waals surface area contributed by atoms with E-state index in [1.54, 1.807) is 13.8 Å².